The zero-order chi connectivity index (χ0) is 10.0. The molecule has 0 saturated carbocycles. The summed E-state index contributed by atoms with van der Waals surface area (Å²) in [6.07, 6.45) is 1.33. The zero-order valence-corrected chi connectivity index (χ0v) is 8.76. The van der Waals surface area contributed by atoms with Crippen LogP contribution in [0.4, 0.5) is 5.82 Å². The summed E-state index contributed by atoms with van der Waals surface area (Å²) in [4.78, 5) is 5.87. The molecule has 0 saturated heterocycles. The second kappa shape index (κ2) is 4.04. The minimum Gasteiger partial charge on any atom is -0.362 e. The summed E-state index contributed by atoms with van der Waals surface area (Å²) in [6, 6.07) is 1.43. The fraction of sp³-hybridized carbons (Fsp3) is 0.286. The molecule has 0 aliphatic rings. The quantitative estimate of drug-likeness (QED) is 0.766. The van der Waals surface area contributed by atoms with Crippen LogP contribution in [0.5, 0.6) is 0 Å². The summed E-state index contributed by atoms with van der Waals surface area (Å²) in [5.41, 5.74) is 0. The highest BCUT2D eigenvalue weighted by atomic mass is 35.5. The predicted molar refractivity (Wildman–Crippen MR) is 52.6 cm³/mol. The van der Waals surface area contributed by atoms with Crippen LogP contribution >= 0.6 is 11.6 Å². The number of hydrogen-bond acceptors (Lipinski definition) is 3. The lowest BCUT2D eigenvalue weighted by Gasteiger charge is -2.12. The molecule has 0 radical (unpaired) electrons. The zero-order valence-electron chi connectivity index (χ0n) is 7.19. The molecule has 0 aliphatic heterocycles. The van der Waals surface area contributed by atoms with Gasteiger partial charge in [-0.2, -0.15) is 0 Å². The number of nitrogens with zero attached hydrogens (tertiary/aromatic N) is 2. The Labute approximate surface area is 83.8 Å². The first-order valence-electron chi connectivity index (χ1n) is 3.46. The maximum absolute atomic E-state index is 10.6. The maximum Gasteiger partial charge on any atom is 0.188 e. The van der Waals surface area contributed by atoms with Gasteiger partial charge in [0.1, 0.15) is 5.82 Å². The van der Waals surface area contributed by atoms with Gasteiger partial charge in [-0.05, 0) is 6.07 Å². The number of hydrogen-bond donors (Lipinski definition) is 1. The van der Waals surface area contributed by atoms with Gasteiger partial charge in [0.15, 0.2) is 11.1 Å². The van der Waals surface area contributed by atoms with E-state index in [1.165, 1.54) is 12.3 Å². The van der Waals surface area contributed by atoms with Gasteiger partial charge in [-0.25, -0.2) is 9.19 Å². The van der Waals surface area contributed by atoms with E-state index in [-0.39, 0.29) is 4.90 Å². The molecule has 0 aromatic carbocycles. The van der Waals surface area contributed by atoms with Gasteiger partial charge in [0.25, 0.3) is 0 Å². The summed E-state index contributed by atoms with van der Waals surface area (Å²) in [5.74, 6) is 0.580. The lowest BCUT2D eigenvalue weighted by atomic mass is 10.4. The minimum absolute atomic E-state index is 0.204. The van der Waals surface area contributed by atoms with Gasteiger partial charge in [0.2, 0.25) is 0 Å². The Bertz CT molecular complexity index is 343. The van der Waals surface area contributed by atoms with Crippen LogP contribution in [0.1, 0.15) is 0 Å². The van der Waals surface area contributed by atoms with E-state index in [4.69, 9.17) is 16.2 Å². The third-order valence-corrected chi connectivity index (χ3v) is 2.33. The number of aromatic nitrogens is 1. The number of rotatable bonds is 2. The molecule has 0 spiro atoms. The molecule has 1 N–H and O–H groups in total. The van der Waals surface area contributed by atoms with Gasteiger partial charge in [-0.3, -0.25) is 0 Å². The smallest absolute Gasteiger partial charge is 0.188 e. The van der Waals surface area contributed by atoms with Crippen LogP contribution in [-0.4, -0.2) is 27.8 Å². The SMILES string of the molecule is CN(C)c1ncc(S(=O)O)cc1Cl. The first-order valence-corrected chi connectivity index (χ1v) is 4.94. The van der Waals surface area contributed by atoms with E-state index in [1.807, 2.05) is 0 Å². The van der Waals surface area contributed by atoms with Crippen molar-refractivity contribution in [1.29, 1.82) is 0 Å². The highest BCUT2D eigenvalue weighted by molar-refractivity contribution is 7.79. The van der Waals surface area contributed by atoms with Crippen molar-refractivity contribution >= 4 is 28.5 Å². The molecule has 0 aliphatic carbocycles. The Morgan fingerprint density at radius 3 is 2.62 bits per heavy atom. The average Bonchev–Trinajstić information content (AvgIpc) is 2.03. The molecule has 4 nitrogen and oxygen atoms in total. The molecule has 1 aromatic rings. The normalized spacial score (nSPS) is 12.6. The van der Waals surface area contributed by atoms with E-state index < -0.39 is 11.1 Å². The Morgan fingerprint density at radius 1 is 1.62 bits per heavy atom. The van der Waals surface area contributed by atoms with E-state index in [2.05, 4.69) is 4.98 Å². The largest absolute Gasteiger partial charge is 0.362 e. The third-order valence-electron chi connectivity index (χ3n) is 1.42. The molecule has 1 atom stereocenters. The summed E-state index contributed by atoms with van der Waals surface area (Å²) in [5, 5.41) is 0.366. The maximum atomic E-state index is 10.6. The highest BCUT2D eigenvalue weighted by Gasteiger charge is 2.07. The van der Waals surface area contributed by atoms with Crippen molar-refractivity contribution in [1.82, 2.24) is 4.98 Å². The van der Waals surface area contributed by atoms with Gasteiger partial charge in [0.05, 0.1) is 9.92 Å². The molecule has 1 unspecified atom stereocenters. The number of anilines is 1. The molecule has 13 heavy (non-hydrogen) atoms. The first-order chi connectivity index (χ1) is 6.02. The molecule has 1 rings (SSSR count). The van der Waals surface area contributed by atoms with E-state index in [0.717, 1.165) is 0 Å². The second-order valence-electron chi connectivity index (χ2n) is 2.62. The Balaban J connectivity index is 3.13. The topological polar surface area (TPSA) is 53.4 Å². The van der Waals surface area contributed by atoms with Gasteiger partial charge in [-0.15, -0.1) is 0 Å². The van der Waals surface area contributed by atoms with Crippen LogP contribution in [0.2, 0.25) is 5.02 Å². The summed E-state index contributed by atoms with van der Waals surface area (Å²) in [7, 11) is 3.59. The fourth-order valence-electron chi connectivity index (χ4n) is 0.838. The van der Waals surface area contributed by atoms with Crippen LogP contribution in [0.25, 0.3) is 0 Å². The van der Waals surface area contributed by atoms with Crippen molar-refractivity contribution in [2.75, 3.05) is 19.0 Å². The van der Waals surface area contributed by atoms with Crippen molar-refractivity contribution in [3.05, 3.63) is 17.3 Å². The van der Waals surface area contributed by atoms with Crippen molar-refractivity contribution in [2.24, 2.45) is 0 Å². The monoisotopic (exact) mass is 220 g/mol. The van der Waals surface area contributed by atoms with Crippen molar-refractivity contribution in [3.8, 4) is 0 Å². The molecule has 6 heteroatoms. The van der Waals surface area contributed by atoms with Gasteiger partial charge < -0.3 is 9.45 Å². The molecule has 0 amide bonds. The lowest BCUT2D eigenvalue weighted by Crippen LogP contribution is -2.11. The van der Waals surface area contributed by atoms with Crippen molar-refractivity contribution in [2.45, 2.75) is 4.90 Å². The van der Waals surface area contributed by atoms with Crippen LogP contribution in [0, 0.1) is 0 Å². The number of halogens is 1. The predicted octanol–water partition coefficient (Wildman–Crippen LogP) is 1.38. The van der Waals surface area contributed by atoms with E-state index in [1.54, 1.807) is 19.0 Å². The average molecular weight is 221 g/mol. The van der Waals surface area contributed by atoms with Gasteiger partial charge in [-0.1, -0.05) is 11.6 Å². The summed E-state index contributed by atoms with van der Waals surface area (Å²) in [6.45, 7) is 0. The fourth-order valence-corrected chi connectivity index (χ4v) is 1.60. The van der Waals surface area contributed by atoms with Gasteiger partial charge in [0, 0.05) is 20.3 Å². The summed E-state index contributed by atoms with van der Waals surface area (Å²) >= 11 is 3.79. The van der Waals surface area contributed by atoms with Gasteiger partial charge >= 0.3 is 0 Å². The van der Waals surface area contributed by atoms with Crippen molar-refractivity contribution in [3.63, 3.8) is 0 Å². The molecule has 1 heterocycles. The molecule has 1 aromatic heterocycles. The Hall–Kier alpha value is -0.650. The molecule has 0 fully saturated rings. The lowest BCUT2D eigenvalue weighted by molar-refractivity contribution is 0.564. The van der Waals surface area contributed by atoms with E-state index in [0.29, 0.717) is 10.8 Å². The van der Waals surface area contributed by atoms with Crippen LogP contribution in [0.3, 0.4) is 0 Å². The minimum atomic E-state index is -2.03. The summed E-state index contributed by atoms with van der Waals surface area (Å²) < 4.78 is 19.4. The van der Waals surface area contributed by atoms with Crippen LogP contribution in [0.15, 0.2) is 17.2 Å². The molecular formula is C7H9ClN2O2S. The van der Waals surface area contributed by atoms with E-state index in [9.17, 15) is 4.21 Å². The Morgan fingerprint density at radius 2 is 2.23 bits per heavy atom. The third kappa shape index (κ3) is 2.40. The van der Waals surface area contributed by atoms with Crippen LogP contribution < -0.4 is 4.90 Å². The van der Waals surface area contributed by atoms with E-state index >= 15 is 0 Å². The standard InChI is InChI=1S/C7H9ClN2O2S/c1-10(2)7-6(8)3-5(4-9-7)13(11)12/h3-4H,1-2H3,(H,11,12). The highest BCUT2D eigenvalue weighted by Crippen LogP contribution is 2.22. The molecular weight excluding hydrogens is 212 g/mol. The molecule has 0 bridgehead atoms. The first kappa shape index (κ1) is 10.4. The molecule has 72 valence electrons. The van der Waals surface area contributed by atoms with Crippen LogP contribution in [-0.2, 0) is 11.1 Å². The Kier molecular flexibility index (Phi) is 3.24. The van der Waals surface area contributed by atoms with Crippen molar-refractivity contribution < 1.29 is 8.76 Å². The number of pyridine rings is 1. The second-order valence-corrected chi connectivity index (χ2v) is 4.00.